The van der Waals surface area contributed by atoms with Crippen molar-refractivity contribution in [2.45, 2.75) is 33.2 Å². The fraction of sp³-hybridized carbons (Fsp3) is 0.304. The molecule has 3 aromatic rings. The van der Waals surface area contributed by atoms with Gasteiger partial charge in [0.25, 0.3) is 5.91 Å². The van der Waals surface area contributed by atoms with Crippen molar-refractivity contribution in [2.24, 2.45) is 0 Å². The highest BCUT2D eigenvalue weighted by atomic mass is 16.5. The summed E-state index contributed by atoms with van der Waals surface area (Å²) in [6.45, 7) is 5.40. The van der Waals surface area contributed by atoms with Crippen molar-refractivity contribution in [1.82, 2.24) is 15.1 Å². The lowest BCUT2D eigenvalue weighted by Crippen LogP contribution is -2.24. The predicted octanol–water partition coefficient (Wildman–Crippen LogP) is 3.92. The smallest absolute Gasteiger partial charge is 0.251 e. The molecule has 5 nitrogen and oxygen atoms in total. The number of aryl methyl sites for hydroxylation is 3. The average Bonchev–Trinajstić information content (AvgIpc) is 3.03. The Morgan fingerprint density at radius 1 is 1.04 bits per heavy atom. The second-order valence-corrected chi connectivity index (χ2v) is 6.99. The topological polar surface area (TPSA) is 56.1 Å². The van der Waals surface area contributed by atoms with Gasteiger partial charge in [-0.25, -0.2) is 0 Å². The minimum absolute atomic E-state index is 0.0348. The number of ether oxygens (including phenoxy) is 1. The van der Waals surface area contributed by atoms with Crippen LogP contribution in [0, 0.1) is 13.8 Å². The lowest BCUT2D eigenvalue weighted by atomic mass is 10.1. The van der Waals surface area contributed by atoms with Crippen molar-refractivity contribution >= 4 is 5.91 Å². The molecular formula is C23H27N3O2. The van der Waals surface area contributed by atoms with Crippen molar-refractivity contribution in [3.8, 4) is 5.75 Å². The van der Waals surface area contributed by atoms with Gasteiger partial charge in [0.15, 0.2) is 0 Å². The number of amides is 1. The van der Waals surface area contributed by atoms with E-state index in [0.29, 0.717) is 18.7 Å². The van der Waals surface area contributed by atoms with E-state index in [4.69, 9.17) is 4.74 Å². The summed E-state index contributed by atoms with van der Waals surface area (Å²) in [6, 6.07) is 17.8. The Balaban J connectivity index is 1.45. The Bertz CT molecular complexity index is 912. The second kappa shape index (κ2) is 9.22. The summed E-state index contributed by atoms with van der Waals surface area (Å²) in [4.78, 5) is 12.3. The van der Waals surface area contributed by atoms with Crippen LogP contribution in [-0.2, 0) is 13.0 Å². The van der Waals surface area contributed by atoms with Gasteiger partial charge in [-0.05, 0) is 68.1 Å². The average molecular weight is 377 g/mol. The molecule has 1 amide bonds. The molecule has 0 radical (unpaired) electrons. The van der Waals surface area contributed by atoms with Gasteiger partial charge in [0, 0.05) is 17.8 Å². The first-order valence-electron chi connectivity index (χ1n) is 9.56. The van der Waals surface area contributed by atoms with Crippen LogP contribution in [0.4, 0.5) is 0 Å². The zero-order valence-corrected chi connectivity index (χ0v) is 16.7. The number of carbonyl (C=O) groups is 1. The van der Waals surface area contributed by atoms with Gasteiger partial charge >= 0.3 is 0 Å². The van der Waals surface area contributed by atoms with Crippen LogP contribution in [0.2, 0.25) is 0 Å². The fourth-order valence-corrected chi connectivity index (χ4v) is 3.16. The van der Waals surface area contributed by atoms with Crippen molar-refractivity contribution in [2.75, 3.05) is 13.7 Å². The molecule has 0 saturated carbocycles. The minimum atomic E-state index is -0.0348. The van der Waals surface area contributed by atoms with Gasteiger partial charge < -0.3 is 10.1 Å². The third-order valence-corrected chi connectivity index (χ3v) is 4.74. The van der Waals surface area contributed by atoms with Crippen LogP contribution in [0.1, 0.15) is 39.3 Å². The molecule has 0 unspecified atom stereocenters. The van der Waals surface area contributed by atoms with Gasteiger partial charge in [0.1, 0.15) is 5.75 Å². The van der Waals surface area contributed by atoms with Crippen molar-refractivity contribution in [3.05, 3.63) is 82.7 Å². The first-order chi connectivity index (χ1) is 13.5. The molecule has 146 valence electrons. The van der Waals surface area contributed by atoms with Crippen LogP contribution < -0.4 is 10.1 Å². The lowest BCUT2D eigenvalue weighted by Gasteiger charge is -2.08. The summed E-state index contributed by atoms with van der Waals surface area (Å²) < 4.78 is 7.14. The maximum atomic E-state index is 12.3. The van der Waals surface area contributed by atoms with E-state index in [0.717, 1.165) is 35.5 Å². The van der Waals surface area contributed by atoms with Gasteiger partial charge in [-0.15, -0.1) is 0 Å². The maximum Gasteiger partial charge on any atom is 0.251 e. The number of nitrogens with zero attached hydrogens (tertiary/aromatic N) is 2. The number of benzene rings is 2. The SMILES string of the molecule is COc1ccc(CCCNC(=O)c2ccc(Cn3nc(C)cc3C)cc2)cc1. The van der Waals surface area contributed by atoms with Crippen molar-refractivity contribution in [3.63, 3.8) is 0 Å². The summed E-state index contributed by atoms with van der Waals surface area (Å²) in [5.74, 6) is 0.825. The molecule has 0 spiro atoms. The molecule has 0 bridgehead atoms. The number of aromatic nitrogens is 2. The molecule has 1 heterocycles. The summed E-state index contributed by atoms with van der Waals surface area (Å²) in [6.07, 6.45) is 1.82. The van der Waals surface area contributed by atoms with E-state index in [1.165, 1.54) is 5.56 Å². The van der Waals surface area contributed by atoms with E-state index in [1.807, 2.05) is 54.9 Å². The predicted molar refractivity (Wildman–Crippen MR) is 111 cm³/mol. The molecule has 28 heavy (non-hydrogen) atoms. The standard InChI is InChI=1S/C23H27N3O2/c1-17-15-18(2)26(25-17)16-20-6-10-21(11-7-20)23(27)24-14-4-5-19-8-12-22(28-3)13-9-19/h6-13,15H,4-5,14,16H2,1-3H3,(H,24,27). The Kier molecular flexibility index (Phi) is 6.48. The zero-order valence-electron chi connectivity index (χ0n) is 16.7. The molecule has 5 heteroatoms. The molecule has 0 saturated heterocycles. The Labute approximate surface area is 166 Å². The highest BCUT2D eigenvalue weighted by Crippen LogP contribution is 2.13. The minimum Gasteiger partial charge on any atom is -0.497 e. The summed E-state index contributed by atoms with van der Waals surface area (Å²) in [5.41, 5.74) is 5.20. The van der Waals surface area contributed by atoms with Crippen LogP contribution in [0.5, 0.6) is 5.75 Å². The fourth-order valence-electron chi connectivity index (χ4n) is 3.16. The molecule has 1 aromatic heterocycles. The first-order valence-corrected chi connectivity index (χ1v) is 9.56. The number of methoxy groups -OCH3 is 1. The third kappa shape index (κ3) is 5.22. The number of carbonyl (C=O) groups excluding carboxylic acids is 1. The van der Waals surface area contributed by atoms with E-state index in [-0.39, 0.29) is 5.91 Å². The van der Waals surface area contributed by atoms with E-state index in [2.05, 4.69) is 28.6 Å². The molecule has 0 atom stereocenters. The van der Waals surface area contributed by atoms with Gasteiger partial charge in [-0.1, -0.05) is 24.3 Å². The Hall–Kier alpha value is -3.08. The quantitative estimate of drug-likeness (QED) is 0.606. The lowest BCUT2D eigenvalue weighted by molar-refractivity contribution is 0.0953. The first kappa shape index (κ1) is 19.7. The Morgan fingerprint density at radius 2 is 1.71 bits per heavy atom. The van der Waals surface area contributed by atoms with Crippen LogP contribution in [-0.4, -0.2) is 29.3 Å². The molecule has 0 fully saturated rings. The molecule has 2 aromatic carbocycles. The van der Waals surface area contributed by atoms with E-state index < -0.39 is 0 Å². The molecule has 0 aliphatic rings. The molecule has 0 aliphatic carbocycles. The van der Waals surface area contributed by atoms with Crippen LogP contribution in [0.25, 0.3) is 0 Å². The van der Waals surface area contributed by atoms with E-state index >= 15 is 0 Å². The summed E-state index contributed by atoms with van der Waals surface area (Å²) in [7, 11) is 1.66. The van der Waals surface area contributed by atoms with Crippen LogP contribution in [0.3, 0.4) is 0 Å². The van der Waals surface area contributed by atoms with E-state index in [9.17, 15) is 4.79 Å². The van der Waals surface area contributed by atoms with Crippen molar-refractivity contribution in [1.29, 1.82) is 0 Å². The molecule has 0 aliphatic heterocycles. The number of hydrogen-bond donors (Lipinski definition) is 1. The molecular weight excluding hydrogens is 350 g/mol. The Morgan fingerprint density at radius 3 is 2.32 bits per heavy atom. The monoisotopic (exact) mass is 377 g/mol. The van der Waals surface area contributed by atoms with Gasteiger partial charge in [0.05, 0.1) is 19.3 Å². The molecule has 1 N–H and O–H groups in total. The third-order valence-electron chi connectivity index (χ3n) is 4.74. The normalized spacial score (nSPS) is 10.7. The largest absolute Gasteiger partial charge is 0.497 e. The van der Waals surface area contributed by atoms with Crippen molar-refractivity contribution < 1.29 is 9.53 Å². The number of hydrogen-bond acceptors (Lipinski definition) is 3. The van der Waals surface area contributed by atoms with Crippen LogP contribution in [0.15, 0.2) is 54.6 Å². The highest BCUT2D eigenvalue weighted by Gasteiger charge is 2.06. The maximum absolute atomic E-state index is 12.3. The van der Waals surface area contributed by atoms with Gasteiger partial charge in [0.2, 0.25) is 0 Å². The van der Waals surface area contributed by atoms with Crippen LogP contribution >= 0.6 is 0 Å². The number of nitrogens with one attached hydrogen (secondary N) is 1. The molecule has 3 rings (SSSR count). The summed E-state index contributed by atoms with van der Waals surface area (Å²) in [5, 5.41) is 7.47. The zero-order chi connectivity index (χ0) is 19.9. The highest BCUT2D eigenvalue weighted by molar-refractivity contribution is 5.94. The second-order valence-electron chi connectivity index (χ2n) is 6.99. The number of rotatable bonds is 8. The van der Waals surface area contributed by atoms with Gasteiger partial charge in [-0.3, -0.25) is 9.48 Å². The van der Waals surface area contributed by atoms with E-state index in [1.54, 1.807) is 7.11 Å². The summed E-state index contributed by atoms with van der Waals surface area (Å²) >= 11 is 0. The van der Waals surface area contributed by atoms with Gasteiger partial charge in [-0.2, -0.15) is 5.10 Å².